The average molecular weight is 333 g/mol. The van der Waals surface area contributed by atoms with E-state index in [1.54, 1.807) is 19.9 Å². The van der Waals surface area contributed by atoms with Crippen LogP contribution in [-0.4, -0.2) is 14.4 Å². The second-order valence-electron chi connectivity index (χ2n) is 5.53. The van der Waals surface area contributed by atoms with Crippen LogP contribution < -0.4 is 5.14 Å². The Bertz CT molecular complexity index is 857. The fraction of sp³-hybridized carbons (Fsp3) is 0.235. The van der Waals surface area contributed by atoms with Crippen LogP contribution in [0.15, 0.2) is 41.3 Å². The van der Waals surface area contributed by atoms with Crippen LogP contribution in [0.5, 0.6) is 0 Å². The van der Waals surface area contributed by atoms with Crippen molar-refractivity contribution in [2.24, 2.45) is 5.14 Å². The van der Waals surface area contributed by atoms with Crippen molar-refractivity contribution in [2.75, 3.05) is 0 Å². The molecule has 23 heavy (non-hydrogen) atoms. The Morgan fingerprint density at radius 3 is 2.43 bits per heavy atom. The first kappa shape index (κ1) is 17.2. The van der Waals surface area contributed by atoms with Gasteiger partial charge in [0.1, 0.15) is 6.61 Å². The van der Waals surface area contributed by atoms with Gasteiger partial charge in [-0.15, -0.1) is 0 Å². The molecule has 0 saturated heterocycles. The van der Waals surface area contributed by atoms with E-state index < -0.39 is 16.0 Å². The van der Waals surface area contributed by atoms with Crippen molar-refractivity contribution in [3.8, 4) is 0 Å². The van der Waals surface area contributed by atoms with E-state index >= 15 is 0 Å². The van der Waals surface area contributed by atoms with Crippen molar-refractivity contribution in [1.29, 1.82) is 0 Å². The number of benzene rings is 2. The standard InChI is InChI=1S/C17H19NO4S/c1-11-5-4-6-14(7-11)10-22-17(19)15-8-12(2)13(3)16(9-15)23(18,20)21/h4-9H,10H2,1-3H3,(H2,18,20,21). The lowest BCUT2D eigenvalue weighted by Gasteiger charge is -2.11. The Morgan fingerprint density at radius 1 is 1.13 bits per heavy atom. The van der Waals surface area contributed by atoms with Crippen molar-refractivity contribution in [2.45, 2.75) is 32.3 Å². The molecule has 0 atom stereocenters. The highest BCUT2D eigenvalue weighted by Crippen LogP contribution is 2.21. The number of carbonyl (C=O) groups is 1. The van der Waals surface area contributed by atoms with Gasteiger partial charge in [0, 0.05) is 0 Å². The Kier molecular flexibility index (Phi) is 4.87. The highest BCUT2D eigenvalue weighted by atomic mass is 32.2. The number of aryl methyl sites for hydroxylation is 2. The van der Waals surface area contributed by atoms with Crippen LogP contribution in [0.1, 0.15) is 32.6 Å². The van der Waals surface area contributed by atoms with Crippen molar-refractivity contribution in [3.05, 3.63) is 64.2 Å². The van der Waals surface area contributed by atoms with Crippen molar-refractivity contribution >= 4 is 16.0 Å². The molecule has 122 valence electrons. The Balaban J connectivity index is 2.24. The molecule has 0 spiro atoms. The summed E-state index contributed by atoms with van der Waals surface area (Å²) in [6, 6.07) is 10.5. The molecule has 0 bridgehead atoms. The molecule has 2 aromatic rings. The smallest absolute Gasteiger partial charge is 0.338 e. The summed E-state index contributed by atoms with van der Waals surface area (Å²) in [6.45, 7) is 5.45. The SMILES string of the molecule is Cc1cccc(COC(=O)c2cc(C)c(C)c(S(N)(=O)=O)c2)c1. The zero-order valence-corrected chi connectivity index (χ0v) is 14.1. The van der Waals surface area contributed by atoms with Gasteiger partial charge >= 0.3 is 5.97 Å². The molecule has 0 amide bonds. The van der Waals surface area contributed by atoms with Crippen LogP contribution in [-0.2, 0) is 21.4 Å². The highest BCUT2D eigenvalue weighted by molar-refractivity contribution is 7.89. The largest absolute Gasteiger partial charge is 0.457 e. The molecule has 0 aromatic heterocycles. The maximum absolute atomic E-state index is 12.2. The van der Waals surface area contributed by atoms with E-state index in [4.69, 9.17) is 9.88 Å². The number of primary sulfonamides is 1. The minimum atomic E-state index is -3.89. The second kappa shape index (κ2) is 6.52. The van der Waals surface area contributed by atoms with E-state index in [1.165, 1.54) is 6.07 Å². The van der Waals surface area contributed by atoms with E-state index in [2.05, 4.69) is 0 Å². The molecule has 6 heteroatoms. The van der Waals surface area contributed by atoms with E-state index in [0.29, 0.717) is 11.1 Å². The molecular formula is C17H19NO4S. The second-order valence-corrected chi connectivity index (χ2v) is 7.06. The number of sulfonamides is 1. The molecular weight excluding hydrogens is 314 g/mol. The maximum Gasteiger partial charge on any atom is 0.338 e. The first-order valence-electron chi connectivity index (χ1n) is 7.05. The van der Waals surface area contributed by atoms with Gasteiger partial charge in [-0.25, -0.2) is 18.4 Å². The summed E-state index contributed by atoms with van der Waals surface area (Å²) in [5.41, 5.74) is 3.31. The summed E-state index contributed by atoms with van der Waals surface area (Å²) in [4.78, 5) is 12.1. The molecule has 0 aliphatic rings. The van der Waals surface area contributed by atoms with Gasteiger partial charge in [0.15, 0.2) is 0 Å². The monoisotopic (exact) mass is 333 g/mol. The summed E-state index contributed by atoms with van der Waals surface area (Å²) >= 11 is 0. The first-order chi connectivity index (χ1) is 10.7. The first-order valence-corrected chi connectivity index (χ1v) is 8.60. The topological polar surface area (TPSA) is 86.5 Å². The van der Waals surface area contributed by atoms with Gasteiger partial charge in [-0.1, -0.05) is 29.8 Å². The zero-order chi connectivity index (χ0) is 17.2. The van der Waals surface area contributed by atoms with Crippen LogP contribution >= 0.6 is 0 Å². The van der Waals surface area contributed by atoms with Crippen molar-refractivity contribution in [3.63, 3.8) is 0 Å². The molecule has 0 fully saturated rings. The summed E-state index contributed by atoms with van der Waals surface area (Å²) in [7, 11) is -3.89. The molecule has 2 N–H and O–H groups in total. The van der Waals surface area contributed by atoms with Gasteiger partial charge in [0.25, 0.3) is 0 Å². The molecule has 0 unspecified atom stereocenters. The summed E-state index contributed by atoms with van der Waals surface area (Å²) in [6.07, 6.45) is 0. The molecule has 0 saturated carbocycles. The van der Waals surface area contributed by atoms with Gasteiger partial charge < -0.3 is 4.74 Å². The Hall–Kier alpha value is -2.18. The molecule has 0 radical (unpaired) electrons. The normalized spacial score (nSPS) is 11.3. The summed E-state index contributed by atoms with van der Waals surface area (Å²) in [5, 5.41) is 5.20. The Morgan fingerprint density at radius 2 is 1.83 bits per heavy atom. The molecule has 5 nitrogen and oxygen atoms in total. The molecule has 0 heterocycles. The molecule has 0 aliphatic carbocycles. The highest BCUT2D eigenvalue weighted by Gasteiger charge is 2.18. The lowest BCUT2D eigenvalue weighted by molar-refractivity contribution is 0.0472. The molecule has 2 rings (SSSR count). The molecule has 2 aromatic carbocycles. The minimum absolute atomic E-state index is 0.0556. The van der Waals surface area contributed by atoms with E-state index in [0.717, 1.165) is 11.1 Å². The van der Waals surface area contributed by atoms with Gasteiger partial charge in [0.05, 0.1) is 10.5 Å². The van der Waals surface area contributed by atoms with Crippen LogP contribution in [0.4, 0.5) is 0 Å². The van der Waals surface area contributed by atoms with E-state index in [9.17, 15) is 13.2 Å². The lowest BCUT2D eigenvalue weighted by Crippen LogP contribution is -2.16. The number of nitrogens with two attached hydrogens (primary N) is 1. The lowest BCUT2D eigenvalue weighted by atomic mass is 10.1. The third-order valence-corrected chi connectivity index (χ3v) is 4.65. The minimum Gasteiger partial charge on any atom is -0.457 e. The number of ether oxygens (including phenoxy) is 1. The molecule has 0 aliphatic heterocycles. The number of rotatable bonds is 4. The predicted molar refractivity (Wildman–Crippen MR) is 87.6 cm³/mol. The average Bonchev–Trinajstić information content (AvgIpc) is 2.46. The number of hydrogen-bond donors (Lipinski definition) is 1. The predicted octanol–water partition coefficient (Wildman–Crippen LogP) is 2.62. The van der Waals surface area contributed by atoms with Gasteiger partial charge in [-0.05, 0) is 49.6 Å². The van der Waals surface area contributed by atoms with E-state index in [-0.39, 0.29) is 17.1 Å². The number of carbonyl (C=O) groups excluding carboxylic acids is 1. The number of hydrogen-bond acceptors (Lipinski definition) is 4. The van der Waals surface area contributed by atoms with Crippen molar-refractivity contribution in [1.82, 2.24) is 0 Å². The fourth-order valence-electron chi connectivity index (χ4n) is 2.27. The van der Waals surface area contributed by atoms with Crippen LogP contribution in [0.3, 0.4) is 0 Å². The third-order valence-electron chi connectivity index (χ3n) is 3.61. The fourth-order valence-corrected chi connectivity index (χ4v) is 3.15. The van der Waals surface area contributed by atoms with E-state index in [1.807, 2.05) is 31.2 Å². The third kappa shape index (κ3) is 4.18. The van der Waals surface area contributed by atoms with Crippen LogP contribution in [0.25, 0.3) is 0 Å². The summed E-state index contributed by atoms with van der Waals surface area (Å²) in [5.74, 6) is -0.584. The van der Waals surface area contributed by atoms with Crippen LogP contribution in [0, 0.1) is 20.8 Å². The maximum atomic E-state index is 12.2. The van der Waals surface area contributed by atoms with Crippen molar-refractivity contribution < 1.29 is 17.9 Å². The van der Waals surface area contributed by atoms with Gasteiger partial charge in [-0.2, -0.15) is 0 Å². The number of esters is 1. The van der Waals surface area contributed by atoms with Gasteiger partial charge in [0.2, 0.25) is 10.0 Å². The van der Waals surface area contributed by atoms with Gasteiger partial charge in [-0.3, -0.25) is 0 Å². The zero-order valence-electron chi connectivity index (χ0n) is 13.3. The Labute approximate surface area is 136 Å². The summed E-state index contributed by atoms with van der Waals surface area (Å²) < 4.78 is 28.5. The van der Waals surface area contributed by atoms with Crippen LogP contribution in [0.2, 0.25) is 0 Å². The quantitative estimate of drug-likeness (QED) is 0.871.